The van der Waals surface area contributed by atoms with Crippen LogP contribution in [0.1, 0.15) is 31.2 Å². The third kappa shape index (κ3) is 5.23. The SMILES string of the molecule is CN=C(NCCOCc1cccc(OC)c1)N1CCC2(CCC2)C1.I. The highest BCUT2D eigenvalue weighted by Gasteiger charge is 2.43. The van der Waals surface area contributed by atoms with Gasteiger partial charge in [0.25, 0.3) is 0 Å². The molecule has 0 bridgehead atoms. The molecule has 1 N–H and O–H groups in total. The Morgan fingerprint density at radius 1 is 1.32 bits per heavy atom. The Hall–Kier alpha value is -1.02. The number of ether oxygens (including phenoxy) is 2. The minimum absolute atomic E-state index is 0. The maximum absolute atomic E-state index is 5.76. The number of halogens is 1. The molecule has 1 aliphatic carbocycles. The topological polar surface area (TPSA) is 46.1 Å². The van der Waals surface area contributed by atoms with Crippen molar-refractivity contribution < 1.29 is 9.47 Å². The molecule has 1 aromatic carbocycles. The van der Waals surface area contributed by atoms with E-state index in [-0.39, 0.29) is 24.0 Å². The number of benzene rings is 1. The highest BCUT2D eigenvalue weighted by molar-refractivity contribution is 14.0. The molecule has 2 fully saturated rings. The first-order chi connectivity index (χ1) is 11.7. The van der Waals surface area contributed by atoms with E-state index in [0.717, 1.165) is 36.9 Å². The fourth-order valence-corrected chi connectivity index (χ4v) is 3.72. The van der Waals surface area contributed by atoms with Gasteiger partial charge in [-0.25, -0.2) is 0 Å². The summed E-state index contributed by atoms with van der Waals surface area (Å²) in [5.41, 5.74) is 1.73. The van der Waals surface area contributed by atoms with E-state index < -0.39 is 0 Å². The van der Waals surface area contributed by atoms with Gasteiger partial charge in [-0.05, 0) is 42.4 Å². The monoisotopic (exact) mass is 459 g/mol. The van der Waals surface area contributed by atoms with Gasteiger partial charge in [-0.2, -0.15) is 0 Å². The van der Waals surface area contributed by atoms with E-state index in [4.69, 9.17) is 9.47 Å². The van der Waals surface area contributed by atoms with Crippen LogP contribution < -0.4 is 10.1 Å². The molecule has 0 atom stereocenters. The number of nitrogens with one attached hydrogen (secondary N) is 1. The third-order valence-corrected chi connectivity index (χ3v) is 5.30. The molecule has 1 aliphatic heterocycles. The lowest BCUT2D eigenvalue weighted by Gasteiger charge is -2.38. The van der Waals surface area contributed by atoms with E-state index >= 15 is 0 Å². The van der Waals surface area contributed by atoms with Crippen LogP contribution in [0.5, 0.6) is 5.75 Å². The molecule has 0 aromatic heterocycles. The summed E-state index contributed by atoms with van der Waals surface area (Å²) in [6, 6.07) is 7.99. The van der Waals surface area contributed by atoms with Crippen LogP contribution >= 0.6 is 24.0 Å². The van der Waals surface area contributed by atoms with Gasteiger partial charge in [0.15, 0.2) is 5.96 Å². The summed E-state index contributed by atoms with van der Waals surface area (Å²) in [4.78, 5) is 6.84. The first kappa shape index (κ1) is 20.3. The minimum atomic E-state index is 0. The molecule has 0 unspecified atom stereocenters. The predicted octanol–water partition coefficient (Wildman–Crippen LogP) is 3.28. The van der Waals surface area contributed by atoms with Gasteiger partial charge in [0.05, 0.1) is 20.3 Å². The summed E-state index contributed by atoms with van der Waals surface area (Å²) < 4.78 is 11.0. The molecular formula is C19H30IN3O2. The van der Waals surface area contributed by atoms with E-state index in [1.807, 2.05) is 25.2 Å². The van der Waals surface area contributed by atoms with Crippen LogP contribution in [0.2, 0.25) is 0 Å². The Balaban J connectivity index is 0.00000225. The maximum atomic E-state index is 5.76. The van der Waals surface area contributed by atoms with Crippen molar-refractivity contribution in [3.05, 3.63) is 29.8 Å². The summed E-state index contributed by atoms with van der Waals surface area (Å²) in [7, 11) is 3.55. The number of hydrogen-bond acceptors (Lipinski definition) is 3. The molecule has 1 saturated carbocycles. The molecule has 1 aromatic rings. The molecular weight excluding hydrogens is 429 g/mol. The lowest BCUT2D eigenvalue weighted by atomic mass is 9.68. The Kier molecular flexibility index (Phi) is 7.81. The fourth-order valence-electron chi connectivity index (χ4n) is 3.72. The number of hydrogen-bond donors (Lipinski definition) is 1. The van der Waals surface area contributed by atoms with Crippen molar-refractivity contribution in [1.82, 2.24) is 10.2 Å². The molecule has 1 heterocycles. The van der Waals surface area contributed by atoms with Crippen LogP contribution in [-0.2, 0) is 11.3 Å². The normalized spacial score (nSPS) is 18.6. The molecule has 0 radical (unpaired) electrons. The average Bonchev–Trinajstić information content (AvgIpc) is 3.04. The molecule has 1 saturated heterocycles. The van der Waals surface area contributed by atoms with Crippen LogP contribution in [-0.4, -0.2) is 51.3 Å². The van der Waals surface area contributed by atoms with Crippen molar-refractivity contribution >= 4 is 29.9 Å². The minimum Gasteiger partial charge on any atom is -0.497 e. The quantitative estimate of drug-likeness (QED) is 0.307. The highest BCUT2D eigenvalue weighted by Crippen LogP contribution is 2.47. The lowest BCUT2D eigenvalue weighted by molar-refractivity contribution is 0.124. The number of guanidine groups is 1. The van der Waals surface area contributed by atoms with Crippen LogP contribution in [0.15, 0.2) is 29.3 Å². The predicted molar refractivity (Wildman–Crippen MR) is 112 cm³/mol. The fraction of sp³-hybridized carbons (Fsp3) is 0.632. The second-order valence-corrected chi connectivity index (χ2v) is 6.90. The third-order valence-electron chi connectivity index (χ3n) is 5.30. The standard InChI is InChI=1S/C19H29N3O2.HI/c1-20-18(22-11-9-19(15-22)7-4-8-19)21-10-12-24-14-16-5-3-6-17(13-16)23-2;/h3,5-6,13H,4,7-12,14-15H2,1-2H3,(H,20,21);1H. The second-order valence-electron chi connectivity index (χ2n) is 6.90. The smallest absolute Gasteiger partial charge is 0.193 e. The average molecular weight is 459 g/mol. The van der Waals surface area contributed by atoms with Crippen LogP contribution in [0.4, 0.5) is 0 Å². The largest absolute Gasteiger partial charge is 0.497 e. The molecule has 25 heavy (non-hydrogen) atoms. The van der Waals surface area contributed by atoms with Gasteiger partial charge in [-0.3, -0.25) is 4.99 Å². The van der Waals surface area contributed by atoms with Gasteiger partial charge < -0.3 is 19.7 Å². The van der Waals surface area contributed by atoms with Crippen molar-refractivity contribution in [2.75, 3.05) is 40.4 Å². The molecule has 1 spiro atoms. The Labute approximate surface area is 168 Å². The van der Waals surface area contributed by atoms with E-state index in [1.54, 1.807) is 7.11 Å². The van der Waals surface area contributed by atoms with Crippen molar-refractivity contribution in [1.29, 1.82) is 0 Å². The van der Waals surface area contributed by atoms with Crippen molar-refractivity contribution in [2.45, 2.75) is 32.3 Å². The summed E-state index contributed by atoms with van der Waals surface area (Å²) in [6.07, 6.45) is 5.51. The Bertz CT molecular complexity index is 576. The van der Waals surface area contributed by atoms with Gasteiger partial charge in [-0.15, -0.1) is 24.0 Å². The second kappa shape index (κ2) is 9.62. The Morgan fingerprint density at radius 3 is 2.80 bits per heavy atom. The highest BCUT2D eigenvalue weighted by atomic mass is 127. The van der Waals surface area contributed by atoms with Crippen molar-refractivity contribution in [3.8, 4) is 5.75 Å². The zero-order chi connectivity index (χ0) is 16.8. The van der Waals surface area contributed by atoms with Gasteiger partial charge in [-0.1, -0.05) is 18.6 Å². The van der Waals surface area contributed by atoms with Gasteiger partial charge >= 0.3 is 0 Å². The first-order valence-corrected chi connectivity index (χ1v) is 8.91. The summed E-state index contributed by atoms with van der Waals surface area (Å²) in [5, 5.41) is 3.43. The summed E-state index contributed by atoms with van der Waals surface area (Å²) in [6.45, 7) is 4.33. The molecule has 0 amide bonds. The van der Waals surface area contributed by atoms with Crippen LogP contribution in [0.25, 0.3) is 0 Å². The van der Waals surface area contributed by atoms with Gasteiger partial charge in [0.2, 0.25) is 0 Å². The van der Waals surface area contributed by atoms with Crippen molar-refractivity contribution in [3.63, 3.8) is 0 Å². The van der Waals surface area contributed by atoms with Gasteiger partial charge in [0, 0.05) is 26.7 Å². The van der Waals surface area contributed by atoms with Crippen LogP contribution in [0.3, 0.4) is 0 Å². The van der Waals surface area contributed by atoms with E-state index in [1.165, 1.54) is 25.7 Å². The number of rotatable bonds is 6. The number of nitrogens with zero attached hydrogens (tertiary/aromatic N) is 2. The van der Waals surface area contributed by atoms with E-state index in [0.29, 0.717) is 18.6 Å². The Morgan fingerprint density at radius 2 is 2.16 bits per heavy atom. The number of methoxy groups -OCH3 is 1. The maximum Gasteiger partial charge on any atom is 0.193 e. The first-order valence-electron chi connectivity index (χ1n) is 8.91. The molecule has 6 heteroatoms. The zero-order valence-corrected chi connectivity index (χ0v) is 17.6. The number of likely N-dealkylation sites (tertiary alicyclic amines) is 1. The molecule has 5 nitrogen and oxygen atoms in total. The molecule has 140 valence electrons. The molecule has 3 rings (SSSR count). The number of aliphatic imine (C=N–C) groups is 1. The summed E-state index contributed by atoms with van der Waals surface area (Å²) >= 11 is 0. The zero-order valence-electron chi connectivity index (χ0n) is 15.3. The summed E-state index contributed by atoms with van der Waals surface area (Å²) in [5.74, 6) is 1.89. The molecule has 2 aliphatic rings. The van der Waals surface area contributed by atoms with Crippen LogP contribution in [0, 0.1) is 5.41 Å². The lowest BCUT2D eigenvalue weighted by Crippen LogP contribution is -2.43. The van der Waals surface area contributed by atoms with Gasteiger partial charge in [0.1, 0.15) is 5.75 Å². The van der Waals surface area contributed by atoms with E-state index in [2.05, 4.69) is 21.3 Å². The van der Waals surface area contributed by atoms with E-state index in [9.17, 15) is 0 Å². The van der Waals surface area contributed by atoms with Crippen molar-refractivity contribution in [2.24, 2.45) is 10.4 Å².